The minimum atomic E-state index is -3.75. The summed E-state index contributed by atoms with van der Waals surface area (Å²) in [6, 6.07) is 2.10. The van der Waals surface area contributed by atoms with Crippen molar-refractivity contribution in [3.63, 3.8) is 0 Å². The van der Waals surface area contributed by atoms with E-state index in [4.69, 9.17) is 10.8 Å². The molecule has 0 heterocycles. The fraction of sp³-hybridized carbons (Fsp3) is 0.455. The molecule has 0 aliphatic heterocycles. The van der Waals surface area contributed by atoms with Crippen LogP contribution in [0.1, 0.15) is 19.3 Å². The number of rotatable bonds is 7. The van der Waals surface area contributed by atoms with Gasteiger partial charge in [0.2, 0.25) is 10.0 Å². The molecular weight excluding hydrogens is 339 g/mol. The van der Waals surface area contributed by atoms with Gasteiger partial charge in [-0.15, -0.1) is 0 Å². The van der Waals surface area contributed by atoms with Crippen molar-refractivity contribution in [3.05, 3.63) is 22.4 Å². The summed E-state index contributed by atoms with van der Waals surface area (Å²) in [7, 11) is -3.75. The number of hydrogen-bond donors (Lipinski definition) is 3. The Labute approximate surface area is 120 Å². The number of halogens is 2. The second-order valence-corrected chi connectivity index (χ2v) is 6.58. The third kappa shape index (κ3) is 4.72. The number of nitrogen functional groups attached to an aromatic ring is 1. The van der Waals surface area contributed by atoms with E-state index in [1.54, 1.807) is 0 Å². The molecule has 4 N–H and O–H groups in total. The smallest absolute Gasteiger partial charge is 0.242 e. The fourth-order valence-electron chi connectivity index (χ4n) is 1.47. The van der Waals surface area contributed by atoms with Crippen LogP contribution in [0, 0.1) is 5.82 Å². The Kier molecular flexibility index (Phi) is 6.18. The van der Waals surface area contributed by atoms with Crippen molar-refractivity contribution in [2.75, 3.05) is 18.9 Å². The van der Waals surface area contributed by atoms with Crippen molar-refractivity contribution in [2.24, 2.45) is 0 Å². The van der Waals surface area contributed by atoms with Crippen LogP contribution < -0.4 is 10.5 Å². The average molecular weight is 355 g/mol. The maximum Gasteiger partial charge on any atom is 0.242 e. The molecule has 0 spiro atoms. The van der Waals surface area contributed by atoms with Gasteiger partial charge >= 0.3 is 0 Å². The van der Waals surface area contributed by atoms with Crippen LogP contribution in [-0.4, -0.2) is 26.7 Å². The summed E-state index contributed by atoms with van der Waals surface area (Å²) in [4.78, 5) is -0.150. The van der Waals surface area contributed by atoms with Crippen LogP contribution in [0.3, 0.4) is 0 Å². The third-order valence-electron chi connectivity index (χ3n) is 2.47. The van der Waals surface area contributed by atoms with Gasteiger partial charge in [-0.3, -0.25) is 0 Å². The maximum absolute atomic E-state index is 13.2. The number of nitrogens with two attached hydrogens (primary N) is 1. The highest BCUT2D eigenvalue weighted by atomic mass is 79.9. The lowest BCUT2D eigenvalue weighted by Crippen LogP contribution is -2.25. The number of aliphatic hydroxyl groups excluding tert-OH is 1. The second-order valence-electron chi connectivity index (χ2n) is 3.99. The number of unbranched alkanes of at least 4 members (excludes halogenated alkanes) is 2. The van der Waals surface area contributed by atoms with Gasteiger partial charge in [-0.2, -0.15) is 0 Å². The Hall–Kier alpha value is -0.700. The maximum atomic E-state index is 13.2. The quantitative estimate of drug-likeness (QED) is 0.512. The highest BCUT2D eigenvalue weighted by molar-refractivity contribution is 9.10. The summed E-state index contributed by atoms with van der Waals surface area (Å²) in [6.07, 6.45) is 1.97. The molecule has 19 heavy (non-hydrogen) atoms. The van der Waals surface area contributed by atoms with Crippen LogP contribution in [-0.2, 0) is 10.0 Å². The van der Waals surface area contributed by atoms with Crippen LogP contribution in [0.5, 0.6) is 0 Å². The molecule has 0 aliphatic rings. The normalized spacial score (nSPS) is 11.7. The van der Waals surface area contributed by atoms with Gasteiger partial charge in [-0.1, -0.05) is 0 Å². The van der Waals surface area contributed by atoms with Gasteiger partial charge in [0, 0.05) is 13.2 Å². The molecule has 0 bridgehead atoms. The highest BCUT2D eigenvalue weighted by Gasteiger charge is 2.19. The molecule has 108 valence electrons. The van der Waals surface area contributed by atoms with Crippen molar-refractivity contribution in [1.29, 1.82) is 0 Å². The zero-order chi connectivity index (χ0) is 14.5. The van der Waals surface area contributed by atoms with Gasteiger partial charge in [0.1, 0.15) is 10.7 Å². The van der Waals surface area contributed by atoms with E-state index in [0.29, 0.717) is 12.8 Å². The number of anilines is 1. The molecule has 5 nitrogen and oxygen atoms in total. The predicted molar refractivity (Wildman–Crippen MR) is 74.6 cm³/mol. The molecule has 0 atom stereocenters. The molecule has 1 rings (SSSR count). The summed E-state index contributed by atoms with van der Waals surface area (Å²) in [5.74, 6) is -0.612. The topological polar surface area (TPSA) is 92.4 Å². The van der Waals surface area contributed by atoms with Crippen LogP contribution in [0.2, 0.25) is 0 Å². The van der Waals surface area contributed by atoms with Gasteiger partial charge in [-0.25, -0.2) is 17.5 Å². The largest absolute Gasteiger partial charge is 0.398 e. The number of benzene rings is 1. The first-order chi connectivity index (χ1) is 8.88. The summed E-state index contributed by atoms with van der Waals surface area (Å²) in [5.41, 5.74) is 5.38. The lowest BCUT2D eigenvalue weighted by atomic mass is 10.2. The van der Waals surface area contributed by atoms with Crippen molar-refractivity contribution in [2.45, 2.75) is 24.2 Å². The summed E-state index contributed by atoms with van der Waals surface area (Å²) in [6.45, 7) is 0.335. The SMILES string of the molecule is Nc1cc(F)c(Br)cc1S(=O)(=O)NCCCCCO. The molecular formula is C11H16BrFN2O3S. The Morgan fingerprint density at radius 3 is 2.63 bits per heavy atom. The molecule has 0 aliphatic carbocycles. The highest BCUT2D eigenvalue weighted by Crippen LogP contribution is 2.25. The third-order valence-corrected chi connectivity index (χ3v) is 4.59. The van der Waals surface area contributed by atoms with Crippen LogP contribution in [0.4, 0.5) is 10.1 Å². The lowest BCUT2D eigenvalue weighted by molar-refractivity contribution is 0.283. The van der Waals surface area contributed by atoms with Gasteiger partial charge in [-0.05, 0) is 47.3 Å². The van der Waals surface area contributed by atoms with Crippen LogP contribution >= 0.6 is 15.9 Å². The Morgan fingerprint density at radius 2 is 2.00 bits per heavy atom. The van der Waals surface area contributed by atoms with Gasteiger partial charge in [0.25, 0.3) is 0 Å². The molecule has 0 saturated heterocycles. The first kappa shape index (κ1) is 16.4. The Morgan fingerprint density at radius 1 is 1.32 bits per heavy atom. The molecule has 0 saturated carbocycles. The number of hydrogen-bond acceptors (Lipinski definition) is 4. The molecule has 0 radical (unpaired) electrons. The summed E-state index contributed by atoms with van der Waals surface area (Å²) in [5, 5.41) is 8.60. The zero-order valence-electron chi connectivity index (χ0n) is 10.2. The van der Waals surface area contributed by atoms with E-state index in [1.807, 2.05) is 0 Å². The zero-order valence-corrected chi connectivity index (χ0v) is 12.6. The molecule has 0 amide bonds. The van der Waals surface area contributed by atoms with E-state index in [2.05, 4.69) is 20.7 Å². The molecule has 0 aromatic heterocycles. The predicted octanol–water partition coefficient (Wildman–Crippen LogP) is 1.61. The lowest BCUT2D eigenvalue weighted by Gasteiger charge is -2.10. The van der Waals surface area contributed by atoms with E-state index in [9.17, 15) is 12.8 Å². The summed E-state index contributed by atoms with van der Waals surface area (Å²) < 4.78 is 39.5. The van der Waals surface area contributed by atoms with Crippen molar-refractivity contribution >= 4 is 31.6 Å². The standard InChI is InChI=1S/C11H16BrFN2O3S/c12-8-6-11(10(14)7-9(8)13)19(17,18)15-4-2-1-3-5-16/h6-7,15-16H,1-5,14H2. The molecule has 1 aromatic rings. The van der Waals surface area contributed by atoms with E-state index < -0.39 is 15.8 Å². The first-order valence-electron chi connectivity index (χ1n) is 5.73. The van der Waals surface area contributed by atoms with E-state index in [0.717, 1.165) is 18.6 Å². The molecule has 0 unspecified atom stereocenters. The van der Waals surface area contributed by atoms with Crippen LogP contribution in [0.15, 0.2) is 21.5 Å². The monoisotopic (exact) mass is 354 g/mol. The molecule has 8 heteroatoms. The minimum Gasteiger partial charge on any atom is -0.398 e. The van der Waals surface area contributed by atoms with Crippen LogP contribution in [0.25, 0.3) is 0 Å². The molecule has 0 fully saturated rings. The number of aliphatic hydroxyl groups is 1. The van der Waals surface area contributed by atoms with E-state index in [-0.39, 0.29) is 28.2 Å². The van der Waals surface area contributed by atoms with Crippen molar-refractivity contribution in [3.8, 4) is 0 Å². The first-order valence-corrected chi connectivity index (χ1v) is 8.01. The minimum absolute atomic E-state index is 0.0438. The molecule has 1 aromatic carbocycles. The van der Waals surface area contributed by atoms with E-state index >= 15 is 0 Å². The number of nitrogens with one attached hydrogen (secondary N) is 1. The van der Waals surface area contributed by atoms with Gasteiger partial charge in [0.15, 0.2) is 0 Å². The fourth-order valence-corrected chi connectivity index (χ4v) is 3.18. The Balaban J connectivity index is 2.75. The van der Waals surface area contributed by atoms with Crippen molar-refractivity contribution in [1.82, 2.24) is 4.72 Å². The summed E-state index contributed by atoms with van der Waals surface area (Å²) >= 11 is 2.92. The number of sulfonamides is 1. The average Bonchev–Trinajstić information content (AvgIpc) is 2.33. The van der Waals surface area contributed by atoms with Gasteiger partial charge < -0.3 is 10.8 Å². The van der Waals surface area contributed by atoms with E-state index in [1.165, 1.54) is 0 Å². The van der Waals surface area contributed by atoms with Gasteiger partial charge in [0.05, 0.1) is 10.2 Å². The van der Waals surface area contributed by atoms with Crippen molar-refractivity contribution < 1.29 is 17.9 Å². The second kappa shape index (κ2) is 7.18. The Bertz CT molecular complexity index is 537.